The third kappa shape index (κ3) is 2.45. The summed E-state index contributed by atoms with van der Waals surface area (Å²) in [6.45, 7) is 0. The van der Waals surface area contributed by atoms with Gasteiger partial charge in [-0.1, -0.05) is 11.6 Å². The van der Waals surface area contributed by atoms with Gasteiger partial charge in [0.1, 0.15) is 17.5 Å². The molecule has 23 heavy (non-hydrogen) atoms. The fourth-order valence-electron chi connectivity index (χ4n) is 2.59. The van der Waals surface area contributed by atoms with Crippen LogP contribution in [0.3, 0.4) is 0 Å². The molecule has 8 nitrogen and oxygen atoms in total. The van der Waals surface area contributed by atoms with E-state index in [0.717, 1.165) is 0 Å². The van der Waals surface area contributed by atoms with E-state index in [4.69, 9.17) is 22.1 Å². The zero-order chi connectivity index (χ0) is 16.0. The monoisotopic (exact) mass is 332 g/mol. The zero-order valence-electron chi connectivity index (χ0n) is 11.9. The minimum absolute atomic E-state index is 0.0615. The second-order valence-electron chi connectivity index (χ2n) is 5.40. The van der Waals surface area contributed by atoms with E-state index in [2.05, 4.69) is 20.1 Å². The van der Waals surface area contributed by atoms with Crippen molar-refractivity contribution < 1.29 is 9.84 Å². The number of rotatable bonds is 3. The summed E-state index contributed by atoms with van der Waals surface area (Å²) in [5, 5.41) is 15.0. The number of hydrogen-bond donors (Lipinski definition) is 2. The Morgan fingerprint density at radius 2 is 2.13 bits per heavy atom. The number of nitrogens with two attached hydrogens (primary N) is 1. The molecule has 3 aromatic heterocycles. The molecule has 3 heterocycles. The normalized spacial score (nSPS) is 20.4. The summed E-state index contributed by atoms with van der Waals surface area (Å²) in [7, 11) is 0. The lowest BCUT2D eigenvalue weighted by molar-refractivity contribution is 0.0446. The summed E-state index contributed by atoms with van der Waals surface area (Å²) in [5.41, 5.74) is 6.54. The molecule has 0 saturated heterocycles. The van der Waals surface area contributed by atoms with Crippen LogP contribution < -0.4 is 10.5 Å². The number of hydrogen-bond acceptors (Lipinski definition) is 7. The molecular weight excluding hydrogens is 320 g/mol. The van der Waals surface area contributed by atoms with E-state index < -0.39 is 0 Å². The highest BCUT2D eigenvalue weighted by molar-refractivity contribution is 6.30. The molecule has 0 aromatic carbocycles. The van der Waals surface area contributed by atoms with Gasteiger partial charge in [-0.15, -0.1) is 5.10 Å². The second-order valence-corrected chi connectivity index (χ2v) is 5.84. The number of ether oxygens (including phenoxy) is 1. The average molecular weight is 333 g/mol. The van der Waals surface area contributed by atoms with Crippen molar-refractivity contribution in [2.24, 2.45) is 0 Å². The van der Waals surface area contributed by atoms with Crippen molar-refractivity contribution in [1.29, 1.82) is 0 Å². The van der Waals surface area contributed by atoms with Gasteiger partial charge in [0.15, 0.2) is 5.65 Å². The number of nitrogens with zero attached hydrogens (tertiary/aromatic N) is 5. The lowest BCUT2D eigenvalue weighted by atomic mass is 9.90. The van der Waals surface area contributed by atoms with Crippen LogP contribution in [0.4, 0.5) is 5.82 Å². The molecule has 0 spiro atoms. The molecule has 0 aliphatic heterocycles. The number of aliphatic hydroxyl groups excluding tert-OH is 1. The van der Waals surface area contributed by atoms with Gasteiger partial charge >= 0.3 is 0 Å². The molecule has 0 atom stereocenters. The maximum atomic E-state index is 9.52. The number of nitrogen functional groups attached to an aromatic ring is 1. The smallest absolute Gasteiger partial charge is 0.253 e. The maximum absolute atomic E-state index is 9.52. The van der Waals surface area contributed by atoms with Crippen molar-refractivity contribution in [3.63, 3.8) is 0 Å². The highest BCUT2D eigenvalue weighted by atomic mass is 35.5. The van der Waals surface area contributed by atoms with E-state index >= 15 is 0 Å². The molecule has 3 aromatic rings. The van der Waals surface area contributed by atoms with Crippen molar-refractivity contribution in [2.75, 3.05) is 5.73 Å². The Kier molecular flexibility index (Phi) is 3.28. The van der Waals surface area contributed by atoms with Crippen LogP contribution in [0.1, 0.15) is 18.9 Å². The van der Waals surface area contributed by atoms with Crippen LogP contribution in [0.5, 0.6) is 11.8 Å². The van der Waals surface area contributed by atoms with Crippen molar-refractivity contribution in [1.82, 2.24) is 24.7 Å². The van der Waals surface area contributed by atoms with Gasteiger partial charge in [0, 0.05) is 17.3 Å². The standard InChI is InChI=1S/C14H13ClN6O2/c15-7-1-2-17-10(3-7)23-14-11-12(16)18-6-19-13(11)21(20-14)8-4-9(22)5-8/h1-3,6,8-9,22H,4-5H2,(H2,16,18,19). The predicted molar refractivity (Wildman–Crippen MR) is 83.3 cm³/mol. The molecular formula is C14H13ClN6O2. The first kappa shape index (κ1) is 14.2. The minimum Gasteiger partial charge on any atom is -0.418 e. The largest absolute Gasteiger partial charge is 0.418 e. The molecule has 0 amide bonds. The first-order valence-electron chi connectivity index (χ1n) is 7.08. The first-order chi connectivity index (χ1) is 11.1. The summed E-state index contributed by atoms with van der Waals surface area (Å²) < 4.78 is 7.45. The van der Waals surface area contributed by atoms with E-state index in [1.165, 1.54) is 6.33 Å². The van der Waals surface area contributed by atoms with Crippen LogP contribution in [-0.2, 0) is 0 Å². The van der Waals surface area contributed by atoms with Gasteiger partial charge in [-0.3, -0.25) is 0 Å². The number of pyridine rings is 1. The molecule has 1 aliphatic rings. The number of aliphatic hydroxyl groups is 1. The predicted octanol–water partition coefficient (Wildman–Crippen LogP) is 1.94. The minimum atomic E-state index is -0.308. The van der Waals surface area contributed by atoms with Crippen LogP contribution in [0, 0.1) is 0 Å². The molecule has 9 heteroatoms. The number of fused-ring (bicyclic) bond motifs is 1. The fourth-order valence-corrected chi connectivity index (χ4v) is 2.74. The van der Waals surface area contributed by atoms with Crippen LogP contribution in [-0.4, -0.2) is 35.9 Å². The Labute approximate surface area is 135 Å². The van der Waals surface area contributed by atoms with Gasteiger partial charge in [0.05, 0.1) is 12.1 Å². The summed E-state index contributed by atoms with van der Waals surface area (Å²) >= 11 is 5.94. The van der Waals surface area contributed by atoms with Crippen LogP contribution in [0.15, 0.2) is 24.7 Å². The third-order valence-electron chi connectivity index (χ3n) is 3.82. The lowest BCUT2D eigenvalue weighted by Crippen LogP contribution is -2.31. The zero-order valence-corrected chi connectivity index (χ0v) is 12.7. The molecule has 118 valence electrons. The molecule has 0 radical (unpaired) electrons. The fraction of sp³-hybridized carbons (Fsp3) is 0.286. The maximum Gasteiger partial charge on any atom is 0.253 e. The summed E-state index contributed by atoms with van der Waals surface area (Å²) in [5.74, 6) is 0.855. The van der Waals surface area contributed by atoms with E-state index in [1.807, 2.05) is 0 Å². The summed E-state index contributed by atoms with van der Waals surface area (Å²) in [4.78, 5) is 12.3. The van der Waals surface area contributed by atoms with Gasteiger partial charge in [0.2, 0.25) is 5.88 Å². The highest BCUT2D eigenvalue weighted by Gasteiger charge is 2.32. The van der Waals surface area contributed by atoms with Gasteiger partial charge in [-0.2, -0.15) is 0 Å². The van der Waals surface area contributed by atoms with E-state index in [1.54, 1.807) is 23.0 Å². The first-order valence-corrected chi connectivity index (χ1v) is 7.46. The van der Waals surface area contributed by atoms with Gasteiger partial charge < -0.3 is 15.6 Å². The second kappa shape index (κ2) is 5.32. The Morgan fingerprint density at radius 1 is 1.30 bits per heavy atom. The number of aromatic nitrogens is 5. The van der Waals surface area contributed by atoms with Gasteiger partial charge in [-0.05, 0) is 18.9 Å². The van der Waals surface area contributed by atoms with Crippen molar-refractivity contribution in [3.05, 3.63) is 29.7 Å². The molecule has 0 unspecified atom stereocenters. The van der Waals surface area contributed by atoms with Crippen molar-refractivity contribution in [3.8, 4) is 11.8 Å². The Hall–Kier alpha value is -2.45. The summed E-state index contributed by atoms with van der Waals surface area (Å²) in [6.07, 6.45) is 3.86. The highest BCUT2D eigenvalue weighted by Crippen LogP contribution is 2.38. The quantitative estimate of drug-likeness (QED) is 0.753. The van der Waals surface area contributed by atoms with Crippen LogP contribution in [0.25, 0.3) is 11.0 Å². The van der Waals surface area contributed by atoms with E-state index in [-0.39, 0.29) is 23.8 Å². The van der Waals surface area contributed by atoms with Gasteiger partial charge in [0.25, 0.3) is 5.88 Å². The van der Waals surface area contributed by atoms with Crippen LogP contribution >= 0.6 is 11.6 Å². The molecule has 3 N–H and O–H groups in total. The lowest BCUT2D eigenvalue weighted by Gasteiger charge is -2.31. The Bertz CT molecular complexity index is 877. The Morgan fingerprint density at radius 3 is 2.87 bits per heavy atom. The Balaban J connectivity index is 1.79. The molecule has 4 rings (SSSR count). The number of halogens is 1. The van der Waals surface area contributed by atoms with Crippen molar-refractivity contribution in [2.45, 2.75) is 25.0 Å². The van der Waals surface area contributed by atoms with Crippen LogP contribution in [0.2, 0.25) is 5.02 Å². The van der Waals surface area contributed by atoms with E-state index in [9.17, 15) is 5.11 Å². The topological polar surface area (TPSA) is 112 Å². The molecule has 1 saturated carbocycles. The molecule has 1 fully saturated rings. The summed E-state index contributed by atoms with van der Waals surface area (Å²) in [6, 6.07) is 3.30. The van der Waals surface area contributed by atoms with Gasteiger partial charge in [-0.25, -0.2) is 19.6 Å². The molecule has 0 bridgehead atoms. The molecule has 1 aliphatic carbocycles. The SMILES string of the molecule is Nc1ncnc2c1c(Oc1cc(Cl)ccn1)nn2C1CC(O)C1. The third-order valence-corrected chi connectivity index (χ3v) is 4.05. The van der Waals surface area contributed by atoms with Crippen molar-refractivity contribution >= 4 is 28.5 Å². The average Bonchev–Trinajstić information content (AvgIpc) is 2.84. The number of anilines is 1. The van der Waals surface area contributed by atoms with E-state index in [0.29, 0.717) is 34.8 Å².